The SMILES string of the molecule is CC(C)c1cc(C(C)C)c(-c2ccc(N(c3ccc(-c4c(C(C)C)cc(C(C)C)cc4C(C)C)cc3)c3ccc4c(c3)N(c3ccccc3)c3cc(N(c5ccc(-c6ccccc6)cc5)c5ccc(-c6ccccc6)cc5)cc5c3B4c3ccc(N(c4ccc(-c6c(C(C)C)cc(C(C)C)cc6C(C)C)cc4)c4ccc(-c6c(C(C)C)cc(C(C)C)cc6C(C)C)cc4)cc3N5c3ccccc3)cc2)c(C(C)C)c1. The smallest absolute Gasteiger partial charge is 0.252 e. The van der Waals surface area contributed by atoms with Gasteiger partial charge in [0.2, 0.25) is 0 Å². The molecule has 0 atom stereocenters. The van der Waals surface area contributed by atoms with Crippen LogP contribution in [0.3, 0.4) is 0 Å². The van der Waals surface area contributed by atoms with E-state index in [0.717, 1.165) is 96.4 Å². The number of hydrogen-bond donors (Lipinski definition) is 0. The van der Waals surface area contributed by atoms with Gasteiger partial charge >= 0.3 is 0 Å². The number of nitrogens with zero attached hydrogens (tertiary/aromatic N) is 5. The number of anilines is 15. The number of fused-ring (bicyclic) bond motifs is 4. The molecular weight excluding hydrogens is 1740 g/mol. The first-order valence-electron chi connectivity index (χ1n) is 53.4. The van der Waals surface area contributed by atoms with Crippen LogP contribution in [-0.4, -0.2) is 6.71 Å². The van der Waals surface area contributed by atoms with Crippen LogP contribution < -0.4 is 40.9 Å². The molecule has 0 amide bonds. The van der Waals surface area contributed by atoms with Crippen LogP contribution in [0.5, 0.6) is 0 Å². The lowest BCUT2D eigenvalue weighted by atomic mass is 9.33. The molecule has 0 aromatic heterocycles. The Bertz CT molecular complexity index is 6660. The fourth-order valence-electron chi connectivity index (χ4n) is 22.5. The Hall–Kier alpha value is -14.2. The second-order valence-corrected chi connectivity index (χ2v) is 44.3. The minimum atomic E-state index is -0.292. The summed E-state index contributed by atoms with van der Waals surface area (Å²) in [5.74, 6) is 4.11. The van der Waals surface area contributed by atoms with Crippen molar-refractivity contribution in [2.75, 3.05) is 24.5 Å². The summed E-state index contributed by atoms with van der Waals surface area (Å²) >= 11 is 0. The summed E-state index contributed by atoms with van der Waals surface area (Å²) in [6, 6.07) is 141. The number of para-hydroxylation sites is 2. The number of benzene rings is 17. The molecule has 0 radical (unpaired) electrons. The molecule has 2 aliphatic rings. The number of rotatable bonds is 29. The summed E-state index contributed by atoms with van der Waals surface area (Å²) < 4.78 is 0. The lowest BCUT2D eigenvalue weighted by molar-refractivity contribution is 0.807. The molecule has 17 aromatic rings. The van der Waals surface area contributed by atoms with Crippen LogP contribution in [0.4, 0.5) is 85.3 Å². The van der Waals surface area contributed by atoms with Crippen molar-refractivity contribution in [1.82, 2.24) is 0 Å². The quantitative estimate of drug-likeness (QED) is 0.0433. The molecule has 5 nitrogen and oxygen atoms in total. The van der Waals surface area contributed by atoms with Gasteiger partial charge in [0.1, 0.15) is 0 Å². The third kappa shape index (κ3) is 19.1. The molecule has 0 spiro atoms. The first-order chi connectivity index (χ1) is 69.4. The van der Waals surface area contributed by atoms with Crippen molar-refractivity contribution in [3.8, 4) is 66.8 Å². The van der Waals surface area contributed by atoms with Gasteiger partial charge < -0.3 is 24.5 Å². The van der Waals surface area contributed by atoms with Gasteiger partial charge in [0, 0.05) is 79.6 Å². The zero-order chi connectivity index (χ0) is 101. The Balaban J connectivity index is 0.882. The van der Waals surface area contributed by atoms with Crippen LogP contribution >= 0.6 is 0 Å². The molecule has 0 saturated heterocycles. The average molecular weight is 1880 g/mol. The highest BCUT2D eigenvalue weighted by atomic mass is 15.2. The van der Waals surface area contributed by atoms with Gasteiger partial charge in [0.25, 0.3) is 6.71 Å². The maximum absolute atomic E-state index is 2.61. The van der Waals surface area contributed by atoms with Crippen molar-refractivity contribution >= 4 is 108 Å². The fraction of sp³-hybridized carbons (Fsp3) is 0.261. The predicted octanol–water partition coefficient (Wildman–Crippen LogP) is 39.7. The second kappa shape index (κ2) is 41.3. The minimum absolute atomic E-state index is 0.292. The van der Waals surface area contributed by atoms with Crippen LogP contribution in [0.15, 0.2) is 364 Å². The van der Waals surface area contributed by atoms with E-state index in [0.29, 0.717) is 71.0 Å². The van der Waals surface area contributed by atoms with Gasteiger partial charge in [0.05, 0.1) is 5.69 Å². The molecule has 0 N–H and O–H groups in total. The summed E-state index contributed by atoms with van der Waals surface area (Å²) in [7, 11) is 0. The summed E-state index contributed by atoms with van der Waals surface area (Å²) in [6.45, 7) is 56.2. The molecule has 0 saturated carbocycles. The molecule has 17 aromatic carbocycles. The molecule has 0 aliphatic carbocycles. The minimum Gasteiger partial charge on any atom is -0.311 e. The largest absolute Gasteiger partial charge is 0.311 e. The number of hydrogen-bond acceptors (Lipinski definition) is 5. The molecular formula is C138H144BN5. The van der Waals surface area contributed by atoms with E-state index in [9.17, 15) is 0 Å². The Morgan fingerprint density at radius 1 is 0.167 bits per heavy atom. The van der Waals surface area contributed by atoms with E-state index >= 15 is 0 Å². The Morgan fingerprint density at radius 3 is 0.569 bits per heavy atom. The first kappa shape index (κ1) is 98.6. The van der Waals surface area contributed by atoms with Gasteiger partial charge in [-0.05, 0) is 354 Å². The summed E-state index contributed by atoms with van der Waals surface area (Å²) in [6.07, 6.45) is 0. The van der Waals surface area contributed by atoms with Gasteiger partial charge in [-0.15, -0.1) is 0 Å². The molecule has 0 bridgehead atoms. The Kier molecular flexibility index (Phi) is 28.2. The molecule has 6 heteroatoms. The Morgan fingerprint density at radius 2 is 0.354 bits per heavy atom. The van der Waals surface area contributed by atoms with Crippen molar-refractivity contribution < 1.29 is 0 Å². The van der Waals surface area contributed by atoms with Crippen LogP contribution in [0.1, 0.15) is 304 Å². The van der Waals surface area contributed by atoms with Crippen LogP contribution in [0.25, 0.3) is 66.8 Å². The predicted molar refractivity (Wildman–Crippen MR) is 626 cm³/mol. The van der Waals surface area contributed by atoms with Gasteiger partial charge in [-0.1, -0.05) is 397 Å². The standard InChI is InChI=1S/C138H144BN5/c1-85(2)105-73-120(89(9)10)134(121(74-105)90(11)12)101-49-61-111(62-50-101)140(112-63-51-102(52-64-112)135-122(91(13)14)75-106(86(3)4)76-123(135)92(15)16)117-69-71-128-130(81-117)143(109-41-33-27-34-42-109)132-83-119(142(115-57-45-99(46-58-115)97-37-29-25-30-38-97)116-59-47-100(48-60-116)98-39-31-26-32-40-98)84-133-138(132)139(128)129-72-70-118(82-131(129)144(133)110-43-35-28-36-44-110)141(113-65-53-103(54-66-113)136-124(93(17)18)77-107(87(5)6)78-125(136)94(19)20)114-67-55-104(56-68-114)137-126(95(21)22)79-108(88(7)8)80-127(137)96(23)24/h25-96H,1-24H3. The van der Waals surface area contributed by atoms with Crippen LogP contribution in [0.2, 0.25) is 0 Å². The second-order valence-electron chi connectivity index (χ2n) is 44.3. The fourth-order valence-corrected chi connectivity index (χ4v) is 22.5. The molecule has 2 heterocycles. The maximum Gasteiger partial charge on any atom is 0.252 e. The molecule has 724 valence electrons. The first-order valence-corrected chi connectivity index (χ1v) is 53.4. The van der Waals surface area contributed by atoms with Crippen LogP contribution in [0, 0.1) is 0 Å². The normalized spacial score (nSPS) is 12.5. The Labute approximate surface area is 861 Å². The van der Waals surface area contributed by atoms with Gasteiger partial charge in [0.15, 0.2) is 0 Å². The monoisotopic (exact) mass is 1880 g/mol. The van der Waals surface area contributed by atoms with E-state index < -0.39 is 0 Å². The van der Waals surface area contributed by atoms with Gasteiger partial charge in [-0.2, -0.15) is 0 Å². The lowest BCUT2D eigenvalue weighted by Crippen LogP contribution is -2.61. The van der Waals surface area contributed by atoms with E-state index in [1.165, 1.54) is 139 Å². The van der Waals surface area contributed by atoms with Crippen molar-refractivity contribution in [2.24, 2.45) is 0 Å². The van der Waals surface area contributed by atoms with E-state index in [1.807, 2.05) is 0 Å². The van der Waals surface area contributed by atoms with Gasteiger partial charge in [-0.25, -0.2) is 0 Å². The van der Waals surface area contributed by atoms with Crippen molar-refractivity contribution in [3.05, 3.63) is 431 Å². The summed E-state index contributed by atoms with van der Waals surface area (Å²) in [4.78, 5) is 12.8. The molecule has 0 fully saturated rings. The van der Waals surface area contributed by atoms with Gasteiger partial charge in [-0.3, -0.25) is 0 Å². The van der Waals surface area contributed by atoms with E-state index in [-0.39, 0.29) is 6.71 Å². The van der Waals surface area contributed by atoms with E-state index in [4.69, 9.17) is 0 Å². The zero-order valence-electron chi connectivity index (χ0n) is 89.4. The third-order valence-corrected chi connectivity index (χ3v) is 30.5. The maximum atomic E-state index is 2.61. The van der Waals surface area contributed by atoms with Crippen molar-refractivity contribution in [1.29, 1.82) is 0 Å². The van der Waals surface area contributed by atoms with E-state index in [2.05, 4.69) is 555 Å². The topological polar surface area (TPSA) is 16.2 Å². The van der Waals surface area contributed by atoms with Crippen LogP contribution in [-0.2, 0) is 0 Å². The molecule has 19 rings (SSSR count). The molecule has 2 aliphatic heterocycles. The highest BCUT2D eigenvalue weighted by Gasteiger charge is 2.45. The summed E-state index contributed by atoms with van der Waals surface area (Å²) in [5.41, 5.74) is 51.2. The molecule has 144 heavy (non-hydrogen) atoms. The average Bonchev–Trinajstić information content (AvgIpc) is 0.690. The third-order valence-electron chi connectivity index (χ3n) is 30.5. The summed E-state index contributed by atoms with van der Waals surface area (Å²) in [5, 5.41) is 0. The highest BCUT2D eigenvalue weighted by molar-refractivity contribution is 7.00. The zero-order valence-corrected chi connectivity index (χ0v) is 89.4. The lowest BCUT2D eigenvalue weighted by Gasteiger charge is -2.45. The van der Waals surface area contributed by atoms with Crippen molar-refractivity contribution in [3.63, 3.8) is 0 Å². The molecule has 0 unspecified atom stereocenters. The highest BCUT2D eigenvalue weighted by Crippen LogP contribution is 2.54. The van der Waals surface area contributed by atoms with E-state index in [1.54, 1.807) is 0 Å². The van der Waals surface area contributed by atoms with Crippen molar-refractivity contribution in [2.45, 2.75) is 237 Å².